The Balaban J connectivity index is 1.70. The normalized spacial score (nSPS) is 16.8. The number of nitrogens with zero attached hydrogens (tertiary/aromatic N) is 3. The van der Waals surface area contributed by atoms with Gasteiger partial charge in [-0.2, -0.15) is 23.5 Å². The van der Waals surface area contributed by atoms with E-state index in [-0.39, 0.29) is 39.4 Å². The molecular formula is C23H21ClN4O5S2. The van der Waals surface area contributed by atoms with Crippen molar-refractivity contribution in [1.82, 2.24) is 5.01 Å². The molecule has 2 aliphatic heterocycles. The zero-order chi connectivity index (χ0) is 25.3. The van der Waals surface area contributed by atoms with Gasteiger partial charge in [0.1, 0.15) is 9.94 Å². The van der Waals surface area contributed by atoms with E-state index in [0.717, 1.165) is 10.6 Å². The highest BCUT2D eigenvalue weighted by Crippen LogP contribution is 2.39. The van der Waals surface area contributed by atoms with Crippen LogP contribution in [0.25, 0.3) is 6.08 Å². The number of hydrogen-bond donors (Lipinski definition) is 1. The quantitative estimate of drug-likeness (QED) is 0.399. The fourth-order valence-corrected chi connectivity index (χ4v) is 5.30. The number of aryl methyl sites for hydroxylation is 1. The number of amidine groups is 2. The summed E-state index contributed by atoms with van der Waals surface area (Å²) >= 11 is 7.66. The molecule has 1 N–H and O–H groups in total. The van der Waals surface area contributed by atoms with Crippen LogP contribution >= 0.6 is 23.4 Å². The molecule has 35 heavy (non-hydrogen) atoms. The SMILES string of the molecule is CCOc1cc(/C=C2/C(=N)N3N=C(CC)SC3=NC2=O)cc(Cl)c1OS(=O)(=O)c1ccc(C)cc1. The molecular weight excluding hydrogens is 512 g/mol. The lowest BCUT2D eigenvalue weighted by Gasteiger charge is -2.20. The number of benzene rings is 2. The number of hydrogen-bond acceptors (Lipinski definition) is 8. The molecule has 2 aromatic carbocycles. The Bertz CT molecular complexity index is 1420. The molecule has 0 radical (unpaired) electrons. The molecule has 0 atom stereocenters. The van der Waals surface area contributed by atoms with Crippen LogP contribution in [0.1, 0.15) is 31.4 Å². The summed E-state index contributed by atoms with van der Waals surface area (Å²) in [5.74, 6) is -0.802. The van der Waals surface area contributed by atoms with Gasteiger partial charge in [0.05, 0.1) is 17.2 Å². The molecule has 1 amide bonds. The number of amides is 1. The van der Waals surface area contributed by atoms with Crippen LogP contribution in [0.5, 0.6) is 11.5 Å². The Morgan fingerprint density at radius 1 is 1.20 bits per heavy atom. The molecule has 0 saturated carbocycles. The van der Waals surface area contributed by atoms with Gasteiger partial charge in [0.25, 0.3) is 5.91 Å². The van der Waals surface area contributed by atoms with E-state index in [1.54, 1.807) is 19.1 Å². The highest BCUT2D eigenvalue weighted by atomic mass is 35.5. The fraction of sp³-hybridized carbons (Fsp3) is 0.217. The van der Waals surface area contributed by atoms with E-state index in [2.05, 4.69) is 10.1 Å². The maximum absolute atomic E-state index is 12.8. The highest BCUT2D eigenvalue weighted by Gasteiger charge is 2.35. The van der Waals surface area contributed by atoms with Crippen molar-refractivity contribution in [2.24, 2.45) is 10.1 Å². The first kappa shape index (κ1) is 25.0. The first-order valence-corrected chi connectivity index (χ1v) is 13.2. The van der Waals surface area contributed by atoms with E-state index < -0.39 is 16.0 Å². The zero-order valence-electron chi connectivity index (χ0n) is 19.0. The van der Waals surface area contributed by atoms with E-state index in [1.807, 2.05) is 13.8 Å². The van der Waals surface area contributed by atoms with Crippen molar-refractivity contribution in [3.8, 4) is 11.5 Å². The summed E-state index contributed by atoms with van der Waals surface area (Å²) in [5.41, 5.74) is 1.31. The lowest BCUT2D eigenvalue weighted by molar-refractivity contribution is -0.114. The predicted octanol–water partition coefficient (Wildman–Crippen LogP) is 4.84. The molecule has 0 bridgehead atoms. The minimum absolute atomic E-state index is 0.00918. The third kappa shape index (κ3) is 5.12. The predicted molar refractivity (Wildman–Crippen MR) is 137 cm³/mol. The zero-order valence-corrected chi connectivity index (χ0v) is 21.4. The van der Waals surface area contributed by atoms with Crippen LogP contribution in [0.15, 0.2) is 57.0 Å². The van der Waals surface area contributed by atoms with Gasteiger partial charge in [0.15, 0.2) is 11.6 Å². The third-order valence-corrected chi connectivity index (χ3v) is 7.51. The molecule has 182 valence electrons. The minimum atomic E-state index is -4.18. The second-order valence-electron chi connectivity index (χ2n) is 7.48. The van der Waals surface area contributed by atoms with Gasteiger partial charge in [-0.1, -0.05) is 36.2 Å². The largest absolute Gasteiger partial charge is 0.490 e. The molecule has 0 aliphatic carbocycles. The second-order valence-corrected chi connectivity index (χ2v) is 10.5. The summed E-state index contributed by atoms with van der Waals surface area (Å²) < 4.78 is 36.6. The molecule has 2 heterocycles. The molecule has 4 rings (SSSR count). The van der Waals surface area contributed by atoms with Gasteiger partial charge in [-0.3, -0.25) is 10.2 Å². The number of ether oxygens (including phenoxy) is 1. The molecule has 0 unspecified atom stereocenters. The maximum Gasteiger partial charge on any atom is 0.339 e. The number of carbonyl (C=O) groups excluding carboxylic acids is 1. The lowest BCUT2D eigenvalue weighted by atomic mass is 10.1. The first-order chi connectivity index (χ1) is 16.6. The van der Waals surface area contributed by atoms with Crippen molar-refractivity contribution in [3.05, 3.63) is 58.1 Å². The van der Waals surface area contributed by atoms with Crippen molar-refractivity contribution in [2.75, 3.05) is 6.61 Å². The summed E-state index contributed by atoms with van der Waals surface area (Å²) in [6, 6.07) is 9.11. The number of fused-ring (bicyclic) bond motifs is 1. The van der Waals surface area contributed by atoms with Gasteiger partial charge in [-0.15, -0.1) is 0 Å². The molecule has 12 heteroatoms. The Morgan fingerprint density at radius 2 is 1.91 bits per heavy atom. The average Bonchev–Trinajstić information content (AvgIpc) is 3.23. The van der Waals surface area contributed by atoms with E-state index in [0.29, 0.717) is 17.2 Å². The highest BCUT2D eigenvalue weighted by molar-refractivity contribution is 8.26. The molecule has 2 aliphatic rings. The lowest BCUT2D eigenvalue weighted by Crippen LogP contribution is -2.35. The van der Waals surface area contributed by atoms with Crippen molar-refractivity contribution in [2.45, 2.75) is 32.1 Å². The molecule has 9 nitrogen and oxygen atoms in total. The molecule has 0 spiro atoms. The van der Waals surface area contributed by atoms with Crippen molar-refractivity contribution in [3.63, 3.8) is 0 Å². The van der Waals surface area contributed by atoms with Crippen LogP contribution in [-0.2, 0) is 14.9 Å². The summed E-state index contributed by atoms with van der Waals surface area (Å²) in [7, 11) is -4.18. The van der Waals surface area contributed by atoms with Gasteiger partial charge in [0, 0.05) is 0 Å². The summed E-state index contributed by atoms with van der Waals surface area (Å²) in [6.07, 6.45) is 2.09. The fourth-order valence-electron chi connectivity index (χ4n) is 3.22. The van der Waals surface area contributed by atoms with Crippen LogP contribution < -0.4 is 8.92 Å². The van der Waals surface area contributed by atoms with Crippen LogP contribution in [0, 0.1) is 12.3 Å². The topological polar surface area (TPSA) is 121 Å². The molecule has 0 aromatic heterocycles. The molecule has 0 fully saturated rings. The van der Waals surface area contributed by atoms with Crippen molar-refractivity contribution < 1.29 is 22.1 Å². The Morgan fingerprint density at radius 3 is 2.57 bits per heavy atom. The second kappa shape index (κ2) is 9.84. The third-order valence-electron chi connectivity index (χ3n) is 4.94. The van der Waals surface area contributed by atoms with Crippen LogP contribution in [0.2, 0.25) is 5.02 Å². The van der Waals surface area contributed by atoms with E-state index in [4.69, 9.17) is 25.9 Å². The van der Waals surface area contributed by atoms with Crippen molar-refractivity contribution >= 4 is 61.5 Å². The molecule has 0 saturated heterocycles. The number of aliphatic imine (C=N–C) groups is 1. The Hall–Kier alpha value is -3.15. The minimum Gasteiger partial charge on any atom is -0.490 e. The van der Waals surface area contributed by atoms with Crippen LogP contribution in [0.3, 0.4) is 0 Å². The number of thioether (sulfide) groups is 1. The smallest absolute Gasteiger partial charge is 0.339 e. The molecule has 2 aromatic rings. The number of hydrazone groups is 1. The van der Waals surface area contributed by atoms with Gasteiger partial charge < -0.3 is 8.92 Å². The number of halogens is 1. The van der Waals surface area contributed by atoms with Crippen LogP contribution in [0.4, 0.5) is 0 Å². The summed E-state index contributed by atoms with van der Waals surface area (Å²) in [5, 5.41) is 15.1. The average molecular weight is 533 g/mol. The van der Waals surface area contributed by atoms with E-state index >= 15 is 0 Å². The first-order valence-electron chi connectivity index (χ1n) is 10.6. The van der Waals surface area contributed by atoms with Gasteiger partial charge in [0.2, 0.25) is 10.9 Å². The standard InChI is InChI=1S/C23H21ClN4O5S2/c1-4-19-27-28-21(25)16(22(29)26-23(28)34-19)10-14-11-17(24)20(18(12-14)32-5-2)33-35(30,31)15-8-6-13(3)7-9-15/h6-12,25H,4-5H2,1-3H3/b16-10-,25-21?. The van der Waals surface area contributed by atoms with E-state index in [9.17, 15) is 13.2 Å². The Kier molecular flexibility index (Phi) is 7.02. The number of rotatable bonds is 7. The summed E-state index contributed by atoms with van der Waals surface area (Å²) in [4.78, 5) is 16.6. The van der Waals surface area contributed by atoms with E-state index in [1.165, 1.54) is 47.1 Å². The van der Waals surface area contributed by atoms with Crippen molar-refractivity contribution in [1.29, 1.82) is 5.41 Å². The van der Waals surface area contributed by atoms with Gasteiger partial charge >= 0.3 is 10.1 Å². The maximum atomic E-state index is 12.8. The summed E-state index contributed by atoms with van der Waals surface area (Å²) in [6.45, 7) is 5.70. The number of carbonyl (C=O) groups is 1. The monoisotopic (exact) mass is 532 g/mol. The van der Waals surface area contributed by atoms with Gasteiger partial charge in [-0.25, -0.2) is 0 Å². The van der Waals surface area contributed by atoms with Gasteiger partial charge in [-0.05, 0) is 67.9 Å². The number of nitrogens with one attached hydrogen (secondary N) is 1. The Labute approximate surface area is 212 Å². The van der Waals surface area contributed by atoms with Crippen LogP contribution in [-0.4, -0.2) is 42.0 Å².